The second kappa shape index (κ2) is 8.26. The summed E-state index contributed by atoms with van der Waals surface area (Å²) < 4.78 is 37.5. The van der Waals surface area contributed by atoms with Gasteiger partial charge in [0.15, 0.2) is 0 Å². The first-order valence-corrected chi connectivity index (χ1v) is 8.80. The van der Waals surface area contributed by atoms with Crippen molar-refractivity contribution in [1.82, 2.24) is 4.98 Å². The van der Waals surface area contributed by atoms with Gasteiger partial charge in [0, 0.05) is 23.4 Å². The monoisotopic (exact) mass is 399 g/mol. The number of hydrogen-bond donors (Lipinski definition) is 1. The molecule has 0 unspecified atom stereocenters. The summed E-state index contributed by atoms with van der Waals surface area (Å²) in [5.74, 6) is -1.74. The Bertz CT molecular complexity index is 1140. The highest BCUT2D eigenvalue weighted by molar-refractivity contribution is 5.91. The molecule has 0 aliphatic heterocycles. The first-order chi connectivity index (χ1) is 13.8. The molecule has 5 nitrogen and oxygen atoms in total. The number of methoxy groups -OCH3 is 1. The van der Waals surface area contributed by atoms with Crippen LogP contribution in [0.5, 0.6) is 5.75 Å². The molecule has 0 radical (unpaired) electrons. The van der Waals surface area contributed by atoms with Crippen LogP contribution in [0.4, 0.5) is 8.78 Å². The number of aryl methyl sites for hydroxylation is 2. The summed E-state index contributed by atoms with van der Waals surface area (Å²) in [5.41, 5.74) is 2.01. The molecule has 0 saturated carbocycles. The number of carbonyl (C=O) groups excluding carboxylic acids is 1. The van der Waals surface area contributed by atoms with E-state index in [9.17, 15) is 18.4 Å². The number of hydrogen-bond acceptors (Lipinski definition) is 4. The Morgan fingerprint density at radius 2 is 1.83 bits per heavy atom. The maximum Gasteiger partial charge on any atom is 0.337 e. The summed E-state index contributed by atoms with van der Waals surface area (Å²) in [6, 6.07) is 9.65. The second-order valence-electron chi connectivity index (χ2n) is 6.57. The fourth-order valence-corrected chi connectivity index (χ4v) is 2.96. The van der Waals surface area contributed by atoms with Gasteiger partial charge in [-0.1, -0.05) is 6.07 Å². The van der Waals surface area contributed by atoms with E-state index in [1.165, 1.54) is 13.2 Å². The van der Waals surface area contributed by atoms with E-state index in [0.29, 0.717) is 11.3 Å². The highest BCUT2D eigenvalue weighted by atomic mass is 19.1. The van der Waals surface area contributed by atoms with Crippen molar-refractivity contribution in [3.8, 4) is 16.9 Å². The molecule has 1 N–H and O–H groups in total. The summed E-state index contributed by atoms with van der Waals surface area (Å²) in [6.07, 6.45) is 0. The van der Waals surface area contributed by atoms with Crippen LogP contribution in [0.3, 0.4) is 0 Å². The lowest BCUT2D eigenvalue weighted by molar-refractivity contribution is 0.0600. The Morgan fingerprint density at radius 1 is 1.07 bits per heavy atom. The molecule has 0 aliphatic rings. The van der Waals surface area contributed by atoms with Gasteiger partial charge in [0.1, 0.15) is 24.0 Å². The highest BCUT2D eigenvalue weighted by Crippen LogP contribution is 2.31. The van der Waals surface area contributed by atoms with Crippen molar-refractivity contribution in [2.75, 3.05) is 7.11 Å². The summed E-state index contributed by atoms with van der Waals surface area (Å²) in [7, 11) is 1.27. The van der Waals surface area contributed by atoms with Crippen LogP contribution in [0.2, 0.25) is 0 Å². The average Bonchev–Trinajstić information content (AvgIpc) is 2.67. The predicted molar refractivity (Wildman–Crippen MR) is 104 cm³/mol. The van der Waals surface area contributed by atoms with Crippen LogP contribution >= 0.6 is 0 Å². The molecular weight excluding hydrogens is 380 g/mol. The standard InChI is InChI=1S/C22H19F2NO4/c1-12-4-5-14(22(27)28-3)9-17(12)20-19(8-13(2)25-21(20)26)29-11-15-6-7-16(23)10-18(15)24/h4-10H,11H2,1-3H3,(H,25,26). The molecule has 0 amide bonds. The molecule has 7 heteroatoms. The largest absolute Gasteiger partial charge is 0.488 e. The maximum absolute atomic E-state index is 13.9. The lowest BCUT2D eigenvalue weighted by Gasteiger charge is -2.15. The van der Waals surface area contributed by atoms with Crippen molar-refractivity contribution in [3.05, 3.63) is 86.8 Å². The molecule has 1 aromatic heterocycles. The Morgan fingerprint density at radius 3 is 2.52 bits per heavy atom. The fraction of sp³-hybridized carbons (Fsp3) is 0.182. The lowest BCUT2D eigenvalue weighted by Crippen LogP contribution is -2.14. The van der Waals surface area contributed by atoms with Crippen LogP contribution in [0.15, 0.2) is 47.3 Å². The molecule has 150 valence electrons. The van der Waals surface area contributed by atoms with E-state index >= 15 is 0 Å². The van der Waals surface area contributed by atoms with Crippen LogP contribution in [-0.4, -0.2) is 18.1 Å². The second-order valence-corrected chi connectivity index (χ2v) is 6.57. The minimum absolute atomic E-state index is 0.148. The third kappa shape index (κ3) is 4.34. The number of nitrogens with one attached hydrogen (secondary N) is 1. The summed E-state index contributed by atoms with van der Waals surface area (Å²) in [4.78, 5) is 27.3. The van der Waals surface area contributed by atoms with Gasteiger partial charge in [-0.3, -0.25) is 4.79 Å². The number of esters is 1. The number of pyridine rings is 1. The van der Waals surface area contributed by atoms with E-state index in [2.05, 4.69) is 4.98 Å². The quantitative estimate of drug-likeness (QED) is 0.650. The third-order valence-electron chi connectivity index (χ3n) is 4.46. The van der Waals surface area contributed by atoms with Crippen molar-refractivity contribution in [2.45, 2.75) is 20.5 Å². The first-order valence-electron chi connectivity index (χ1n) is 8.80. The van der Waals surface area contributed by atoms with Crippen LogP contribution < -0.4 is 10.3 Å². The van der Waals surface area contributed by atoms with Gasteiger partial charge in [-0.2, -0.15) is 0 Å². The van der Waals surface area contributed by atoms with Gasteiger partial charge in [-0.15, -0.1) is 0 Å². The summed E-state index contributed by atoms with van der Waals surface area (Å²) in [6.45, 7) is 3.28. The fourth-order valence-electron chi connectivity index (χ4n) is 2.96. The topological polar surface area (TPSA) is 68.4 Å². The molecule has 2 aromatic carbocycles. The van der Waals surface area contributed by atoms with Gasteiger partial charge in [0.05, 0.1) is 18.2 Å². The molecule has 3 rings (SSSR count). The zero-order chi connectivity index (χ0) is 21.1. The zero-order valence-electron chi connectivity index (χ0n) is 16.1. The Hall–Kier alpha value is -3.48. The molecule has 0 bridgehead atoms. The molecule has 29 heavy (non-hydrogen) atoms. The van der Waals surface area contributed by atoms with E-state index in [1.54, 1.807) is 38.1 Å². The summed E-state index contributed by atoms with van der Waals surface area (Å²) >= 11 is 0. The van der Waals surface area contributed by atoms with Crippen molar-refractivity contribution in [3.63, 3.8) is 0 Å². The number of benzene rings is 2. The number of aromatic amines is 1. The van der Waals surface area contributed by atoms with E-state index in [1.807, 2.05) is 0 Å². The molecule has 0 spiro atoms. The number of rotatable bonds is 5. The van der Waals surface area contributed by atoms with Gasteiger partial charge in [-0.05, 0) is 49.2 Å². The van der Waals surface area contributed by atoms with Crippen molar-refractivity contribution in [1.29, 1.82) is 0 Å². The molecule has 0 aliphatic carbocycles. The minimum atomic E-state index is -0.739. The van der Waals surface area contributed by atoms with E-state index in [-0.39, 0.29) is 29.0 Å². The maximum atomic E-state index is 13.9. The molecule has 3 aromatic rings. The van der Waals surface area contributed by atoms with Crippen LogP contribution in [-0.2, 0) is 11.3 Å². The SMILES string of the molecule is COC(=O)c1ccc(C)c(-c2c(OCc3ccc(F)cc3F)cc(C)[nH]c2=O)c1. The van der Waals surface area contributed by atoms with Crippen LogP contribution in [0, 0.1) is 25.5 Å². The van der Waals surface area contributed by atoms with Crippen molar-refractivity contribution >= 4 is 5.97 Å². The third-order valence-corrected chi connectivity index (χ3v) is 4.46. The van der Waals surface area contributed by atoms with Gasteiger partial charge < -0.3 is 14.5 Å². The number of H-pyrrole nitrogens is 1. The van der Waals surface area contributed by atoms with Crippen LogP contribution in [0.25, 0.3) is 11.1 Å². The number of aromatic nitrogens is 1. The van der Waals surface area contributed by atoms with E-state index < -0.39 is 23.2 Å². The van der Waals surface area contributed by atoms with Crippen LogP contribution in [0.1, 0.15) is 27.2 Å². The summed E-state index contributed by atoms with van der Waals surface area (Å²) in [5, 5.41) is 0. The van der Waals surface area contributed by atoms with Gasteiger partial charge in [0.25, 0.3) is 5.56 Å². The Balaban J connectivity index is 2.06. The van der Waals surface area contributed by atoms with Crippen molar-refractivity contribution in [2.24, 2.45) is 0 Å². The van der Waals surface area contributed by atoms with E-state index in [0.717, 1.165) is 17.7 Å². The molecule has 0 saturated heterocycles. The highest BCUT2D eigenvalue weighted by Gasteiger charge is 2.18. The number of halogens is 2. The smallest absolute Gasteiger partial charge is 0.337 e. The Kier molecular flexibility index (Phi) is 5.77. The molecular formula is C22H19F2NO4. The van der Waals surface area contributed by atoms with Gasteiger partial charge in [-0.25, -0.2) is 13.6 Å². The van der Waals surface area contributed by atoms with Gasteiger partial charge in [0.2, 0.25) is 0 Å². The van der Waals surface area contributed by atoms with Crippen molar-refractivity contribution < 1.29 is 23.0 Å². The minimum Gasteiger partial charge on any atom is -0.488 e. The Labute approximate surface area is 165 Å². The lowest BCUT2D eigenvalue weighted by atomic mass is 9.98. The van der Waals surface area contributed by atoms with Gasteiger partial charge >= 0.3 is 5.97 Å². The number of ether oxygens (including phenoxy) is 2. The molecule has 0 fully saturated rings. The van der Waals surface area contributed by atoms with E-state index in [4.69, 9.17) is 9.47 Å². The normalized spacial score (nSPS) is 10.7. The zero-order valence-corrected chi connectivity index (χ0v) is 16.1. The number of carbonyl (C=O) groups is 1. The first kappa shape index (κ1) is 20.3. The predicted octanol–water partition coefficient (Wildman–Crippen LogP) is 4.30. The average molecular weight is 399 g/mol. The molecule has 0 atom stereocenters. The molecule has 1 heterocycles.